The molecule has 0 aromatic carbocycles. The lowest BCUT2D eigenvalue weighted by atomic mass is 9.98. The van der Waals surface area contributed by atoms with E-state index in [1.807, 2.05) is 25.7 Å². The Bertz CT molecular complexity index is 643. The molecule has 0 aliphatic carbocycles. The number of carbonyl (C=O) groups excluding carboxylic acids is 2. The highest BCUT2D eigenvalue weighted by molar-refractivity contribution is 7.13. The molecule has 1 unspecified atom stereocenters. The summed E-state index contributed by atoms with van der Waals surface area (Å²) in [5.74, 6) is 0.00805. The first kappa shape index (κ1) is 20.7. The maximum atomic E-state index is 13.0. The van der Waals surface area contributed by atoms with Crippen LogP contribution in [0.1, 0.15) is 75.5 Å². The van der Waals surface area contributed by atoms with Crippen LogP contribution < -0.4 is 5.32 Å². The molecule has 2 amide bonds. The monoisotopic (exact) mass is 381 g/mol. The number of hydrogen-bond acceptors (Lipinski definition) is 5. The summed E-state index contributed by atoms with van der Waals surface area (Å²) in [4.78, 5) is 31.9. The van der Waals surface area contributed by atoms with Gasteiger partial charge in [-0.2, -0.15) is 0 Å². The van der Waals surface area contributed by atoms with Crippen LogP contribution in [0.5, 0.6) is 0 Å². The Kier molecular flexibility index (Phi) is 6.32. The second-order valence-electron chi connectivity index (χ2n) is 8.81. The predicted molar refractivity (Wildman–Crippen MR) is 104 cm³/mol. The van der Waals surface area contributed by atoms with Gasteiger partial charge in [0.25, 0.3) is 5.91 Å². The number of likely N-dealkylation sites (tertiary alicyclic amines) is 1. The lowest BCUT2D eigenvalue weighted by molar-refractivity contribution is 0.0463. The minimum atomic E-state index is -0.530. The first-order valence-electron chi connectivity index (χ1n) is 9.21. The van der Waals surface area contributed by atoms with Crippen LogP contribution in [0, 0.1) is 0 Å². The number of rotatable bonds is 3. The van der Waals surface area contributed by atoms with Crippen molar-refractivity contribution in [2.24, 2.45) is 0 Å². The molecule has 1 atom stereocenters. The lowest BCUT2D eigenvalue weighted by Gasteiger charge is -2.35. The molecule has 26 heavy (non-hydrogen) atoms. The van der Waals surface area contributed by atoms with Crippen LogP contribution in [0.4, 0.5) is 4.79 Å². The van der Waals surface area contributed by atoms with Crippen LogP contribution in [0.2, 0.25) is 0 Å². The molecule has 1 aliphatic heterocycles. The van der Waals surface area contributed by atoms with Crippen molar-refractivity contribution in [1.82, 2.24) is 15.2 Å². The van der Waals surface area contributed by atoms with Crippen LogP contribution in [0.25, 0.3) is 0 Å². The Morgan fingerprint density at radius 3 is 2.54 bits per heavy atom. The zero-order valence-corrected chi connectivity index (χ0v) is 17.5. The van der Waals surface area contributed by atoms with Gasteiger partial charge in [0, 0.05) is 24.5 Å². The van der Waals surface area contributed by atoms with E-state index in [0.29, 0.717) is 18.0 Å². The molecule has 0 bridgehead atoms. The first-order valence-corrected chi connectivity index (χ1v) is 10.0. The quantitative estimate of drug-likeness (QED) is 0.860. The molecule has 6 nitrogen and oxygen atoms in total. The van der Waals surface area contributed by atoms with Gasteiger partial charge >= 0.3 is 6.09 Å². The molecule has 146 valence electrons. The van der Waals surface area contributed by atoms with E-state index in [2.05, 4.69) is 31.1 Å². The van der Waals surface area contributed by atoms with E-state index in [1.165, 1.54) is 11.3 Å². The average Bonchev–Trinajstić information content (AvgIpc) is 3.01. The summed E-state index contributed by atoms with van der Waals surface area (Å²) < 4.78 is 5.29. The second-order valence-corrected chi connectivity index (χ2v) is 9.84. The molecule has 0 saturated carbocycles. The number of ether oxygens (including phenoxy) is 1. The Morgan fingerprint density at radius 1 is 1.27 bits per heavy atom. The van der Waals surface area contributed by atoms with E-state index >= 15 is 0 Å². The topological polar surface area (TPSA) is 71.5 Å². The molecule has 0 radical (unpaired) electrons. The molecule has 1 aliphatic rings. The molecule has 7 heteroatoms. The molecular weight excluding hydrogens is 350 g/mol. The van der Waals surface area contributed by atoms with Crippen molar-refractivity contribution in [2.45, 2.75) is 77.9 Å². The summed E-state index contributed by atoms with van der Waals surface area (Å²) in [5.41, 5.74) is -0.596. The number of hydrogen-bond donors (Lipinski definition) is 1. The summed E-state index contributed by atoms with van der Waals surface area (Å²) in [6.07, 6.45) is 4.16. The highest BCUT2D eigenvalue weighted by Crippen LogP contribution is 2.29. The lowest BCUT2D eigenvalue weighted by Crippen LogP contribution is -2.49. The van der Waals surface area contributed by atoms with Crippen LogP contribution in [0.15, 0.2) is 6.20 Å². The number of alkyl carbamates (subject to hydrolysis) is 1. The highest BCUT2D eigenvalue weighted by Gasteiger charge is 2.30. The fourth-order valence-electron chi connectivity index (χ4n) is 2.86. The Hall–Kier alpha value is -1.63. The molecular formula is C19H31N3O3S. The van der Waals surface area contributed by atoms with Gasteiger partial charge in [0.1, 0.15) is 10.5 Å². The standard InChI is InChI=1S/C19H31N3O3S/c1-18(2,3)16-20-12-14(26-16)15(23)22-10-8-7-9-13(22)11-21-17(24)25-19(4,5)6/h12-13H,7-11H2,1-6H3,(H,21,24). The van der Waals surface area contributed by atoms with Crippen molar-refractivity contribution in [2.75, 3.05) is 13.1 Å². The smallest absolute Gasteiger partial charge is 0.407 e. The number of nitrogens with one attached hydrogen (secondary N) is 1. The third kappa shape index (κ3) is 5.69. The molecule has 2 rings (SSSR count). The van der Waals surface area contributed by atoms with Gasteiger partial charge in [-0.25, -0.2) is 9.78 Å². The van der Waals surface area contributed by atoms with Gasteiger partial charge in [-0.05, 0) is 40.0 Å². The van der Waals surface area contributed by atoms with Crippen molar-refractivity contribution in [3.63, 3.8) is 0 Å². The largest absolute Gasteiger partial charge is 0.444 e. The Labute approximate surface area is 160 Å². The molecule has 1 saturated heterocycles. The van der Waals surface area contributed by atoms with Crippen LogP contribution in [-0.4, -0.2) is 46.6 Å². The summed E-state index contributed by atoms with van der Waals surface area (Å²) in [6, 6.07) is -0.0102. The van der Waals surface area contributed by atoms with Crippen molar-refractivity contribution < 1.29 is 14.3 Å². The highest BCUT2D eigenvalue weighted by atomic mass is 32.1. The van der Waals surface area contributed by atoms with Crippen LogP contribution in [-0.2, 0) is 10.2 Å². The number of aromatic nitrogens is 1. The summed E-state index contributed by atoms with van der Waals surface area (Å²) in [6.45, 7) is 12.9. The van der Waals surface area contributed by atoms with Crippen LogP contribution in [0.3, 0.4) is 0 Å². The molecule has 2 heterocycles. The predicted octanol–water partition coefficient (Wildman–Crippen LogP) is 3.96. The van der Waals surface area contributed by atoms with Gasteiger partial charge in [0.2, 0.25) is 0 Å². The number of carbonyl (C=O) groups is 2. The normalized spacial score (nSPS) is 18.5. The zero-order chi connectivity index (χ0) is 19.5. The van der Waals surface area contributed by atoms with Gasteiger partial charge in [-0.1, -0.05) is 20.8 Å². The van der Waals surface area contributed by atoms with E-state index < -0.39 is 11.7 Å². The number of piperidine rings is 1. The van der Waals surface area contributed by atoms with Crippen molar-refractivity contribution in [3.8, 4) is 0 Å². The summed E-state index contributed by atoms with van der Waals surface area (Å²) in [5, 5.41) is 3.77. The van der Waals surface area contributed by atoms with Gasteiger partial charge < -0.3 is 15.0 Å². The fourth-order valence-corrected chi connectivity index (χ4v) is 3.79. The number of amides is 2. The fraction of sp³-hybridized carbons (Fsp3) is 0.737. The molecule has 1 N–H and O–H groups in total. The molecule has 0 spiro atoms. The van der Waals surface area contributed by atoms with Crippen LogP contribution >= 0.6 is 11.3 Å². The average molecular weight is 382 g/mol. The van der Waals surface area contributed by atoms with Crippen molar-refractivity contribution in [3.05, 3.63) is 16.1 Å². The van der Waals surface area contributed by atoms with E-state index in [-0.39, 0.29) is 17.4 Å². The maximum absolute atomic E-state index is 13.0. The third-order valence-electron chi connectivity index (χ3n) is 4.13. The molecule has 1 fully saturated rings. The SMILES string of the molecule is CC(C)(C)OC(=O)NCC1CCCCN1C(=O)c1cnc(C(C)(C)C)s1. The second kappa shape index (κ2) is 7.94. The molecule has 1 aromatic rings. The number of nitrogens with zero attached hydrogens (tertiary/aromatic N) is 2. The summed E-state index contributed by atoms with van der Waals surface area (Å²) >= 11 is 1.46. The maximum Gasteiger partial charge on any atom is 0.407 e. The third-order valence-corrected chi connectivity index (χ3v) is 5.54. The first-order chi connectivity index (χ1) is 12.0. The minimum absolute atomic E-state index is 0.00805. The Balaban J connectivity index is 2.02. The number of thiazole rings is 1. The van der Waals surface area contributed by atoms with E-state index in [1.54, 1.807) is 6.20 Å². The van der Waals surface area contributed by atoms with Gasteiger partial charge in [0.05, 0.1) is 11.2 Å². The van der Waals surface area contributed by atoms with Gasteiger partial charge in [-0.15, -0.1) is 11.3 Å². The van der Waals surface area contributed by atoms with Crippen molar-refractivity contribution in [1.29, 1.82) is 0 Å². The van der Waals surface area contributed by atoms with Gasteiger partial charge in [-0.3, -0.25) is 4.79 Å². The molecule has 1 aromatic heterocycles. The van der Waals surface area contributed by atoms with Crippen molar-refractivity contribution >= 4 is 23.3 Å². The van der Waals surface area contributed by atoms with E-state index in [0.717, 1.165) is 24.3 Å². The van der Waals surface area contributed by atoms with E-state index in [9.17, 15) is 9.59 Å². The minimum Gasteiger partial charge on any atom is -0.444 e. The Morgan fingerprint density at radius 2 is 1.96 bits per heavy atom. The summed E-state index contributed by atoms with van der Waals surface area (Å²) in [7, 11) is 0. The zero-order valence-electron chi connectivity index (χ0n) is 16.7. The van der Waals surface area contributed by atoms with E-state index in [4.69, 9.17) is 4.74 Å². The van der Waals surface area contributed by atoms with Gasteiger partial charge in [0.15, 0.2) is 0 Å².